The number of amides is 2. The molecule has 0 fully saturated rings. The second-order valence-corrected chi connectivity index (χ2v) is 5.49. The predicted molar refractivity (Wildman–Crippen MR) is 79.4 cm³/mol. The monoisotopic (exact) mass is 286 g/mol. The van der Waals surface area contributed by atoms with Gasteiger partial charge in [0.05, 0.1) is 0 Å². The van der Waals surface area contributed by atoms with Crippen LogP contribution in [0.5, 0.6) is 0 Å². The van der Waals surface area contributed by atoms with Crippen LogP contribution in [0.2, 0.25) is 0 Å². The number of para-hydroxylation sites is 1. The fourth-order valence-corrected chi connectivity index (χ4v) is 3.00. The lowest BCUT2D eigenvalue weighted by atomic mass is 10.0. The molecule has 2 aliphatic rings. The highest BCUT2D eigenvalue weighted by molar-refractivity contribution is 6.01. The van der Waals surface area contributed by atoms with E-state index in [9.17, 15) is 14.7 Å². The molecule has 2 atom stereocenters. The number of aliphatic carboxylic acids is 1. The first-order valence-corrected chi connectivity index (χ1v) is 7.22. The Morgan fingerprint density at radius 2 is 2.05 bits per heavy atom. The van der Waals surface area contributed by atoms with Crippen molar-refractivity contribution in [2.45, 2.75) is 37.8 Å². The number of carbonyl (C=O) groups is 2. The van der Waals surface area contributed by atoms with Crippen molar-refractivity contribution in [1.82, 2.24) is 5.32 Å². The van der Waals surface area contributed by atoms with Gasteiger partial charge in [0.15, 0.2) is 0 Å². The molecule has 2 amide bonds. The molecule has 5 heteroatoms. The van der Waals surface area contributed by atoms with Crippen LogP contribution >= 0.6 is 0 Å². The Bertz CT molecular complexity index is 597. The molecule has 110 valence electrons. The summed E-state index contributed by atoms with van der Waals surface area (Å²) < 4.78 is 0. The summed E-state index contributed by atoms with van der Waals surface area (Å²) >= 11 is 0. The molecular weight excluding hydrogens is 268 g/mol. The van der Waals surface area contributed by atoms with Gasteiger partial charge in [-0.1, -0.05) is 30.4 Å². The molecule has 0 radical (unpaired) electrons. The maximum absolute atomic E-state index is 12.5. The Labute approximate surface area is 123 Å². The number of nitrogens with zero attached hydrogens (tertiary/aromatic N) is 1. The van der Waals surface area contributed by atoms with Gasteiger partial charge in [0.2, 0.25) is 0 Å². The van der Waals surface area contributed by atoms with Crippen LogP contribution < -0.4 is 10.2 Å². The molecule has 0 saturated heterocycles. The van der Waals surface area contributed by atoms with Crippen molar-refractivity contribution in [2.24, 2.45) is 0 Å². The average Bonchev–Trinajstić information content (AvgIpc) is 2.88. The molecule has 1 heterocycles. The lowest BCUT2D eigenvalue weighted by Crippen LogP contribution is -2.50. The molecule has 1 aliphatic carbocycles. The summed E-state index contributed by atoms with van der Waals surface area (Å²) in [6.45, 7) is 0. The number of hydrogen-bond donors (Lipinski definition) is 2. The maximum Gasteiger partial charge on any atom is 0.327 e. The summed E-state index contributed by atoms with van der Waals surface area (Å²) in [6.07, 6.45) is 7.18. The Morgan fingerprint density at radius 1 is 1.24 bits per heavy atom. The first kappa shape index (κ1) is 13.7. The molecule has 1 aliphatic heterocycles. The summed E-state index contributed by atoms with van der Waals surface area (Å²) in [4.78, 5) is 25.3. The van der Waals surface area contributed by atoms with E-state index in [-0.39, 0.29) is 12.1 Å². The van der Waals surface area contributed by atoms with E-state index in [2.05, 4.69) is 17.5 Å². The van der Waals surface area contributed by atoms with E-state index in [4.69, 9.17) is 0 Å². The Kier molecular flexibility index (Phi) is 3.64. The number of carbonyl (C=O) groups excluding carboxylic acids is 1. The van der Waals surface area contributed by atoms with Crippen LogP contribution in [-0.2, 0) is 11.2 Å². The highest BCUT2D eigenvalue weighted by Gasteiger charge is 2.38. The number of fused-ring (bicyclic) bond motifs is 1. The first-order valence-electron chi connectivity index (χ1n) is 7.22. The summed E-state index contributed by atoms with van der Waals surface area (Å²) in [5.74, 6) is -0.968. The minimum Gasteiger partial charge on any atom is -0.480 e. The molecule has 0 bridgehead atoms. The molecule has 2 N–H and O–H groups in total. The van der Waals surface area contributed by atoms with E-state index in [0.717, 1.165) is 24.8 Å². The molecule has 0 aromatic heterocycles. The van der Waals surface area contributed by atoms with Gasteiger partial charge in [0.25, 0.3) is 0 Å². The van der Waals surface area contributed by atoms with Crippen molar-refractivity contribution >= 4 is 17.7 Å². The van der Waals surface area contributed by atoms with Crippen molar-refractivity contribution < 1.29 is 14.7 Å². The van der Waals surface area contributed by atoms with Crippen LogP contribution in [0, 0.1) is 0 Å². The van der Waals surface area contributed by atoms with Crippen LogP contribution in [0.1, 0.15) is 24.8 Å². The third kappa shape index (κ3) is 2.63. The maximum atomic E-state index is 12.5. The third-order valence-corrected chi connectivity index (χ3v) is 4.08. The highest BCUT2D eigenvalue weighted by Crippen LogP contribution is 2.32. The van der Waals surface area contributed by atoms with Crippen molar-refractivity contribution in [2.75, 3.05) is 4.90 Å². The van der Waals surface area contributed by atoms with Crippen LogP contribution in [0.4, 0.5) is 10.5 Å². The van der Waals surface area contributed by atoms with E-state index in [0.29, 0.717) is 12.1 Å². The first-order chi connectivity index (χ1) is 10.2. The molecule has 0 spiro atoms. The van der Waals surface area contributed by atoms with Gasteiger partial charge in [0, 0.05) is 18.2 Å². The number of allylic oxidation sites excluding steroid dienone is 1. The normalized spacial score (nSPS) is 23.7. The van der Waals surface area contributed by atoms with Crippen molar-refractivity contribution in [3.05, 3.63) is 42.0 Å². The van der Waals surface area contributed by atoms with Gasteiger partial charge >= 0.3 is 12.0 Å². The zero-order valence-corrected chi connectivity index (χ0v) is 11.7. The molecule has 2 unspecified atom stereocenters. The fourth-order valence-electron chi connectivity index (χ4n) is 3.00. The number of nitrogens with one attached hydrogen (secondary N) is 1. The number of rotatable bonds is 2. The molecule has 21 heavy (non-hydrogen) atoms. The summed E-state index contributed by atoms with van der Waals surface area (Å²) in [7, 11) is 0. The summed E-state index contributed by atoms with van der Waals surface area (Å²) in [5.41, 5.74) is 1.61. The van der Waals surface area contributed by atoms with Crippen molar-refractivity contribution in [1.29, 1.82) is 0 Å². The standard InChI is InChI=1S/C16H18N2O3/c19-15(20)14-10-11-6-4-5-9-13(11)18(14)16(21)17-12-7-2-1-3-8-12/h1-2,4-6,9,12,14H,3,7-8,10H2,(H,17,21)(H,19,20). The second-order valence-electron chi connectivity index (χ2n) is 5.49. The molecule has 0 saturated carbocycles. The van der Waals surface area contributed by atoms with E-state index in [1.807, 2.05) is 18.2 Å². The van der Waals surface area contributed by atoms with E-state index >= 15 is 0 Å². The fraction of sp³-hybridized carbons (Fsp3) is 0.375. The van der Waals surface area contributed by atoms with Crippen LogP contribution in [0.25, 0.3) is 0 Å². The lowest BCUT2D eigenvalue weighted by Gasteiger charge is -2.27. The minimum atomic E-state index is -0.968. The Morgan fingerprint density at radius 3 is 2.76 bits per heavy atom. The van der Waals surface area contributed by atoms with Crippen molar-refractivity contribution in [3.63, 3.8) is 0 Å². The highest BCUT2D eigenvalue weighted by atomic mass is 16.4. The Hall–Kier alpha value is -2.30. The van der Waals surface area contributed by atoms with E-state index in [1.54, 1.807) is 6.07 Å². The third-order valence-electron chi connectivity index (χ3n) is 4.08. The molecule has 1 aromatic carbocycles. The van der Waals surface area contributed by atoms with Gasteiger partial charge in [-0.2, -0.15) is 0 Å². The van der Waals surface area contributed by atoms with Gasteiger partial charge in [-0.25, -0.2) is 9.59 Å². The average molecular weight is 286 g/mol. The molecule has 3 rings (SSSR count). The number of urea groups is 1. The number of carboxylic acids is 1. The minimum absolute atomic E-state index is 0.0877. The number of anilines is 1. The number of benzene rings is 1. The van der Waals surface area contributed by atoms with E-state index < -0.39 is 12.0 Å². The van der Waals surface area contributed by atoms with Crippen LogP contribution in [0.3, 0.4) is 0 Å². The van der Waals surface area contributed by atoms with Crippen LogP contribution in [0.15, 0.2) is 36.4 Å². The van der Waals surface area contributed by atoms with Gasteiger partial charge in [0.1, 0.15) is 6.04 Å². The van der Waals surface area contributed by atoms with Crippen molar-refractivity contribution in [3.8, 4) is 0 Å². The summed E-state index contributed by atoms with van der Waals surface area (Å²) in [6, 6.07) is 6.33. The molecule has 5 nitrogen and oxygen atoms in total. The topological polar surface area (TPSA) is 69.6 Å². The largest absolute Gasteiger partial charge is 0.480 e. The van der Waals surface area contributed by atoms with Gasteiger partial charge < -0.3 is 10.4 Å². The molecular formula is C16H18N2O3. The molecule has 1 aromatic rings. The quantitative estimate of drug-likeness (QED) is 0.820. The zero-order chi connectivity index (χ0) is 14.8. The lowest BCUT2D eigenvalue weighted by molar-refractivity contribution is -0.138. The van der Waals surface area contributed by atoms with Gasteiger partial charge in [-0.15, -0.1) is 0 Å². The van der Waals surface area contributed by atoms with Gasteiger partial charge in [-0.05, 0) is 30.9 Å². The van der Waals surface area contributed by atoms with Gasteiger partial charge in [-0.3, -0.25) is 4.90 Å². The number of hydrogen-bond acceptors (Lipinski definition) is 2. The smallest absolute Gasteiger partial charge is 0.327 e. The van der Waals surface area contributed by atoms with E-state index in [1.165, 1.54) is 4.90 Å². The predicted octanol–water partition coefficient (Wildman–Crippen LogP) is 2.32. The Balaban J connectivity index is 1.81. The zero-order valence-electron chi connectivity index (χ0n) is 11.7. The number of carboxylic acid groups (broad SMARTS) is 1. The van der Waals surface area contributed by atoms with Crippen LogP contribution in [-0.4, -0.2) is 29.2 Å². The second kappa shape index (κ2) is 5.60. The summed E-state index contributed by atoms with van der Waals surface area (Å²) in [5, 5.41) is 12.3. The SMILES string of the molecule is O=C(O)C1Cc2ccccc2N1C(=O)NC1CC=CCC1.